The highest BCUT2D eigenvalue weighted by Crippen LogP contribution is 2.25. The first-order valence-electron chi connectivity index (χ1n) is 9.53. The highest BCUT2D eigenvalue weighted by atomic mass is 35.5. The smallest absolute Gasteiger partial charge is 0.264 e. The van der Waals surface area contributed by atoms with E-state index in [2.05, 4.69) is 5.32 Å². The summed E-state index contributed by atoms with van der Waals surface area (Å²) in [5.41, 5.74) is 1.47. The van der Waals surface area contributed by atoms with Crippen molar-refractivity contribution in [3.63, 3.8) is 0 Å². The van der Waals surface area contributed by atoms with Crippen LogP contribution in [0.15, 0.2) is 89.8 Å². The summed E-state index contributed by atoms with van der Waals surface area (Å²) >= 11 is 5.95. The van der Waals surface area contributed by atoms with Crippen LogP contribution in [0.5, 0.6) is 0 Å². The Labute approximate surface area is 182 Å². The Balaban J connectivity index is 1.79. The lowest BCUT2D eigenvalue weighted by atomic mass is 10.0. The molecule has 156 valence electrons. The summed E-state index contributed by atoms with van der Waals surface area (Å²) in [7, 11) is -3.92. The maximum absolute atomic E-state index is 13.2. The molecule has 30 heavy (non-hydrogen) atoms. The minimum absolute atomic E-state index is 0.102. The monoisotopic (exact) mass is 442 g/mol. The fraction of sp³-hybridized carbons (Fsp3) is 0.174. The highest BCUT2D eigenvalue weighted by molar-refractivity contribution is 7.92. The first kappa shape index (κ1) is 21.9. The van der Waals surface area contributed by atoms with E-state index in [1.54, 1.807) is 42.5 Å². The first-order chi connectivity index (χ1) is 14.4. The number of nitrogens with one attached hydrogen (secondary N) is 1. The number of sulfonamides is 1. The van der Waals surface area contributed by atoms with E-state index in [9.17, 15) is 13.2 Å². The molecule has 1 N–H and O–H groups in total. The lowest BCUT2D eigenvalue weighted by molar-refractivity contribution is -0.119. The van der Waals surface area contributed by atoms with E-state index < -0.39 is 10.0 Å². The van der Waals surface area contributed by atoms with Crippen LogP contribution in [0.1, 0.15) is 18.4 Å². The Morgan fingerprint density at radius 3 is 2.10 bits per heavy atom. The molecular formula is C23H23ClN2O3S. The van der Waals surface area contributed by atoms with E-state index in [0.717, 1.165) is 9.87 Å². The molecular weight excluding hydrogens is 420 g/mol. The molecule has 7 heteroatoms. The molecule has 1 atom stereocenters. The second kappa shape index (κ2) is 9.78. The molecule has 0 spiro atoms. The SMILES string of the molecule is C[C@H](CNC(=O)CN(c1ccc(Cl)cc1)S(=O)(=O)c1ccccc1)c1ccccc1. The molecule has 0 aromatic heterocycles. The van der Waals surface area contributed by atoms with Crippen LogP contribution in [-0.4, -0.2) is 27.4 Å². The van der Waals surface area contributed by atoms with Gasteiger partial charge in [-0.05, 0) is 47.9 Å². The third kappa shape index (κ3) is 5.40. The Morgan fingerprint density at radius 2 is 1.50 bits per heavy atom. The van der Waals surface area contributed by atoms with Crippen molar-refractivity contribution in [2.75, 3.05) is 17.4 Å². The molecule has 3 aromatic rings. The minimum Gasteiger partial charge on any atom is -0.354 e. The van der Waals surface area contributed by atoms with Crippen molar-refractivity contribution in [2.45, 2.75) is 17.7 Å². The van der Waals surface area contributed by atoms with Crippen molar-refractivity contribution >= 4 is 33.2 Å². The number of carbonyl (C=O) groups is 1. The molecule has 0 aliphatic heterocycles. The fourth-order valence-corrected chi connectivity index (χ4v) is 4.56. The molecule has 0 bridgehead atoms. The Bertz CT molecular complexity index is 1070. The quantitative estimate of drug-likeness (QED) is 0.560. The van der Waals surface area contributed by atoms with E-state index >= 15 is 0 Å². The van der Waals surface area contributed by atoms with Crippen LogP contribution in [-0.2, 0) is 14.8 Å². The maximum Gasteiger partial charge on any atom is 0.264 e. The van der Waals surface area contributed by atoms with E-state index in [4.69, 9.17) is 11.6 Å². The molecule has 0 radical (unpaired) electrons. The van der Waals surface area contributed by atoms with Gasteiger partial charge in [-0.1, -0.05) is 67.1 Å². The minimum atomic E-state index is -3.92. The number of benzene rings is 3. The van der Waals surface area contributed by atoms with Crippen molar-refractivity contribution in [3.05, 3.63) is 95.5 Å². The van der Waals surface area contributed by atoms with Gasteiger partial charge in [-0.25, -0.2) is 8.42 Å². The van der Waals surface area contributed by atoms with Crippen molar-refractivity contribution in [2.24, 2.45) is 0 Å². The van der Waals surface area contributed by atoms with Gasteiger partial charge < -0.3 is 5.32 Å². The molecule has 3 rings (SSSR count). The molecule has 0 heterocycles. The second-order valence-corrected chi connectivity index (χ2v) is 9.22. The van der Waals surface area contributed by atoms with Gasteiger partial charge in [0.1, 0.15) is 6.54 Å². The summed E-state index contributed by atoms with van der Waals surface area (Å²) in [6, 6.07) is 24.2. The number of amides is 1. The molecule has 0 fully saturated rings. The van der Waals surface area contributed by atoms with Gasteiger partial charge in [-0.2, -0.15) is 0 Å². The van der Waals surface area contributed by atoms with Crippen molar-refractivity contribution < 1.29 is 13.2 Å². The molecule has 0 unspecified atom stereocenters. The molecule has 0 saturated heterocycles. The van der Waals surface area contributed by atoms with Crippen LogP contribution >= 0.6 is 11.6 Å². The third-order valence-electron chi connectivity index (χ3n) is 4.71. The summed E-state index contributed by atoms with van der Waals surface area (Å²) in [4.78, 5) is 12.8. The normalized spacial score (nSPS) is 12.2. The predicted molar refractivity (Wildman–Crippen MR) is 120 cm³/mol. The fourth-order valence-electron chi connectivity index (χ4n) is 2.99. The van der Waals surface area contributed by atoms with Crippen molar-refractivity contribution in [1.82, 2.24) is 5.32 Å². The van der Waals surface area contributed by atoms with Gasteiger partial charge in [-0.15, -0.1) is 0 Å². The molecule has 3 aromatic carbocycles. The van der Waals surface area contributed by atoms with Gasteiger partial charge in [-0.3, -0.25) is 9.10 Å². The largest absolute Gasteiger partial charge is 0.354 e. The van der Waals surface area contributed by atoms with E-state index in [1.165, 1.54) is 12.1 Å². The highest BCUT2D eigenvalue weighted by Gasteiger charge is 2.27. The number of carbonyl (C=O) groups excluding carboxylic acids is 1. The van der Waals surface area contributed by atoms with E-state index in [1.807, 2.05) is 37.3 Å². The van der Waals surface area contributed by atoms with Crippen LogP contribution in [0, 0.1) is 0 Å². The Hall–Kier alpha value is -2.83. The van der Waals surface area contributed by atoms with Crippen LogP contribution in [0.25, 0.3) is 0 Å². The number of rotatable bonds is 8. The average molecular weight is 443 g/mol. The predicted octanol–water partition coefficient (Wildman–Crippen LogP) is 4.46. The Kier molecular flexibility index (Phi) is 7.13. The molecule has 0 aliphatic carbocycles. The number of halogens is 1. The topological polar surface area (TPSA) is 66.5 Å². The van der Waals surface area contributed by atoms with Crippen LogP contribution in [0.3, 0.4) is 0 Å². The molecule has 5 nitrogen and oxygen atoms in total. The zero-order chi connectivity index (χ0) is 21.6. The van der Waals surface area contributed by atoms with Crippen LogP contribution in [0.2, 0.25) is 5.02 Å². The van der Waals surface area contributed by atoms with E-state index in [-0.39, 0.29) is 23.3 Å². The third-order valence-corrected chi connectivity index (χ3v) is 6.75. The van der Waals surface area contributed by atoms with Gasteiger partial charge in [0, 0.05) is 11.6 Å². The summed E-state index contributed by atoms with van der Waals surface area (Å²) < 4.78 is 27.5. The summed E-state index contributed by atoms with van der Waals surface area (Å²) in [5.74, 6) is -0.280. The molecule has 1 amide bonds. The summed E-state index contributed by atoms with van der Waals surface area (Å²) in [6.07, 6.45) is 0. The van der Waals surface area contributed by atoms with Crippen molar-refractivity contribution in [3.8, 4) is 0 Å². The number of hydrogen-bond acceptors (Lipinski definition) is 3. The first-order valence-corrected chi connectivity index (χ1v) is 11.3. The van der Waals surface area contributed by atoms with Gasteiger partial charge >= 0.3 is 0 Å². The van der Waals surface area contributed by atoms with Gasteiger partial charge in [0.15, 0.2) is 0 Å². The van der Waals surface area contributed by atoms with Gasteiger partial charge in [0.25, 0.3) is 10.0 Å². The second-order valence-electron chi connectivity index (χ2n) is 6.92. The lowest BCUT2D eigenvalue weighted by Crippen LogP contribution is -2.41. The van der Waals surface area contributed by atoms with E-state index in [0.29, 0.717) is 17.3 Å². The molecule has 0 saturated carbocycles. The number of nitrogens with zero attached hydrogens (tertiary/aromatic N) is 1. The molecule has 0 aliphatic rings. The lowest BCUT2D eigenvalue weighted by Gasteiger charge is -2.24. The maximum atomic E-state index is 13.2. The summed E-state index contributed by atoms with van der Waals surface area (Å²) in [6.45, 7) is 2.08. The zero-order valence-electron chi connectivity index (χ0n) is 16.5. The Morgan fingerprint density at radius 1 is 0.933 bits per heavy atom. The van der Waals surface area contributed by atoms with Crippen molar-refractivity contribution in [1.29, 1.82) is 0 Å². The van der Waals surface area contributed by atoms with Gasteiger partial charge in [0.2, 0.25) is 5.91 Å². The summed E-state index contributed by atoms with van der Waals surface area (Å²) in [5, 5.41) is 3.33. The number of hydrogen-bond donors (Lipinski definition) is 1. The average Bonchev–Trinajstić information content (AvgIpc) is 2.77. The van der Waals surface area contributed by atoms with Gasteiger partial charge in [0.05, 0.1) is 10.6 Å². The zero-order valence-corrected chi connectivity index (χ0v) is 18.1. The standard InChI is InChI=1S/C23H23ClN2O3S/c1-18(19-8-4-2-5-9-19)16-25-23(27)17-26(21-14-12-20(24)13-15-21)30(28,29)22-10-6-3-7-11-22/h2-15,18H,16-17H2,1H3,(H,25,27)/t18-/m1/s1. The number of anilines is 1. The van der Waals surface area contributed by atoms with Crippen LogP contribution in [0.4, 0.5) is 5.69 Å². The van der Waals surface area contributed by atoms with Crippen LogP contribution < -0.4 is 9.62 Å².